The van der Waals surface area contributed by atoms with Gasteiger partial charge in [0, 0.05) is 19.7 Å². The van der Waals surface area contributed by atoms with Crippen molar-refractivity contribution in [2.45, 2.75) is 20.0 Å². The van der Waals surface area contributed by atoms with E-state index in [-0.39, 0.29) is 28.4 Å². The van der Waals surface area contributed by atoms with Gasteiger partial charge in [0.15, 0.2) is 5.75 Å². The fraction of sp³-hybridized carbons (Fsp3) is 0.160. The molecule has 0 aliphatic rings. The number of benzene rings is 2. The van der Waals surface area contributed by atoms with E-state index in [1.165, 1.54) is 43.0 Å². The first-order valence-corrected chi connectivity index (χ1v) is 10.7. The highest BCUT2D eigenvalue weighted by atomic mass is 19.4. The second-order valence-electron chi connectivity index (χ2n) is 8.01. The van der Waals surface area contributed by atoms with Gasteiger partial charge < -0.3 is 4.74 Å². The van der Waals surface area contributed by atoms with Gasteiger partial charge in [0.25, 0.3) is 5.56 Å². The Morgan fingerprint density at radius 2 is 1.76 bits per heavy atom. The number of hydrogen-bond donors (Lipinski definition) is 0. The van der Waals surface area contributed by atoms with Gasteiger partial charge in [-0.15, -0.1) is 0 Å². The van der Waals surface area contributed by atoms with Crippen LogP contribution in [0.2, 0.25) is 0 Å². The van der Waals surface area contributed by atoms with Crippen molar-refractivity contribution in [1.29, 1.82) is 5.26 Å². The lowest BCUT2D eigenvalue weighted by Crippen LogP contribution is -2.40. The van der Waals surface area contributed by atoms with Gasteiger partial charge in [-0.25, -0.2) is 9.48 Å². The first-order chi connectivity index (χ1) is 17.4. The molecule has 188 valence electrons. The van der Waals surface area contributed by atoms with Crippen LogP contribution in [0.15, 0.2) is 64.3 Å². The molecule has 37 heavy (non-hydrogen) atoms. The summed E-state index contributed by atoms with van der Waals surface area (Å²) in [4.78, 5) is 38.3. The number of esters is 1. The van der Waals surface area contributed by atoms with E-state index in [0.29, 0.717) is 11.3 Å². The topological polar surface area (TPSA) is 112 Å². The Balaban J connectivity index is 2.07. The second kappa shape index (κ2) is 9.27. The monoisotopic (exact) mass is 509 g/mol. The minimum atomic E-state index is -4.66. The van der Waals surface area contributed by atoms with Crippen molar-refractivity contribution >= 4 is 5.97 Å². The number of ether oxygens (including phenoxy) is 1. The van der Waals surface area contributed by atoms with Crippen LogP contribution in [0.25, 0.3) is 22.6 Å². The Morgan fingerprint density at radius 1 is 1.08 bits per heavy atom. The number of hydrogen-bond acceptors (Lipinski definition) is 6. The van der Waals surface area contributed by atoms with Gasteiger partial charge in [0.05, 0.1) is 40.3 Å². The van der Waals surface area contributed by atoms with Gasteiger partial charge in [-0.1, -0.05) is 6.07 Å². The second-order valence-corrected chi connectivity index (χ2v) is 8.01. The van der Waals surface area contributed by atoms with Crippen LogP contribution < -0.4 is 16.0 Å². The lowest BCUT2D eigenvalue weighted by molar-refractivity contribution is -0.137. The molecular weight excluding hydrogens is 491 g/mol. The molecule has 0 N–H and O–H groups in total. The van der Waals surface area contributed by atoms with Crippen molar-refractivity contribution in [2.75, 3.05) is 0 Å². The highest BCUT2D eigenvalue weighted by Crippen LogP contribution is 2.34. The van der Waals surface area contributed by atoms with Gasteiger partial charge in [-0.3, -0.25) is 18.7 Å². The molecule has 0 unspecified atom stereocenters. The van der Waals surface area contributed by atoms with Crippen molar-refractivity contribution in [3.8, 4) is 34.5 Å². The molecule has 0 fully saturated rings. The summed E-state index contributed by atoms with van der Waals surface area (Å²) in [5.74, 6) is -0.812. The molecule has 0 bridgehead atoms. The average molecular weight is 509 g/mol. The number of carbonyl (C=O) groups excluding carboxylic acids is 1. The minimum Gasteiger partial charge on any atom is -0.423 e. The third-order valence-electron chi connectivity index (χ3n) is 5.59. The molecule has 12 heteroatoms. The highest BCUT2D eigenvalue weighted by molar-refractivity contribution is 5.76. The van der Waals surface area contributed by atoms with Gasteiger partial charge in [0.1, 0.15) is 5.69 Å². The van der Waals surface area contributed by atoms with Crippen LogP contribution in [0.5, 0.6) is 5.75 Å². The van der Waals surface area contributed by atoms with E-state index in [1.54, 1.807) is 12.1 Å². The van der Waals surface area contributed by atoms with Crippen LogP contribution >= 0.6 is 0 Å². The Hall–Kier alpha value is -4.92. The van der Waals surface area contributed by atoms with Crippen molar-refractivity contribution in [2.24, 2.45) is 7.05 Å². The van der Waals surface area contributed by atoms with E-state index in [0.717, 1.165) is 34.3 Å². The average Bonchev–Trinajstić information content (AvgIpc) is 3.25. The zero-order valence-electron chi connectivity index (χ0n) is 19.7. The lowest BCUT2D eigenvalue weighted by atomic mass is 10.1. The smallest absolute Gasteiger partial charge is 0.416 e. The van der Waals surface area contributed by atoms with Crippen molar-refractivity contribution < 1.29 is 22.7 Å². The standard InChI is InChI=1S/C25H18F3N5O4/c1-14-21(22-20(37-15(2)34)13-30-33(22)18-9-7-16(12-29)8-10-18)23(35)31(3)24(36)32(14)19-6-4-5-17(11-19)25(26,27)28/h4-11,13H,1-3H3. The predicted molar refractivity (Wildman–Crippen MR) is 126 cm³/mol. The van der Waals surface area contributed by atoms with Crippen LogP contribution in [0.4, 0.5) is 13.2 Å². The SMILES string of the molecule is CC(=O)Oc1cnn(-c2ccc(C#N)cc2)c1-c1c(C)n(-c2cccc(C(F)(F)F)c2)c(=O)n(C)c1=O. The molecule has 0 aliphatic carbocycles. The zero-order valence-corrected chi connectivity index (χ0v) is 19.7. The van der Waals surface area contributed by atoms with Crippen molar-refractivity contribution in [3.05, 3.63) is 92.4 Å². The van der Waals surface area contributed by atoms with Crippen LogP contribution in [-0.4, -0.2) is 24.9 Å². The molecule has 4 rings (SSSR count). The summed E-state index contributed by atoms with van der Waals surface area (Å²) in [5.41, 5.74) is -2.12. The number of nitriles is 1. The Kier molecular flexibility index (Phi) is 6.31. The number of halogens is 3. The fourth-order valence-corrected chi connectivity index (χ4v) is 3.88. The van der Waals surface area contributed by atoms with Crippen molar-refractivity contribution in [3.63, 3.8) is 0 Å². The molecule has 0 saturated carbocycles. The summed E-state index contributed by atoms with van der Waals surface area (Å²) in [6.45, 7) is 2.55. The third-order valence-corrected chi connectivity index (χ3v) is 5.59. The maximum absolute atomic E-state index is 13.4. The summed E-state index contributed by atoms with van der Waals surface area (Å²) in [6, 6.07) is 12.2. The summed E-state index contributed by atoms with van der Waals surface area (Å²) in [7, 11) is 1.19. The van der Waals surface area contributed by atoms with Crippen molar-refractivity contribution in [1.82, 2.24) is 18.9 Å². The summed E-state index contributed by atoms with van der Waals surface area (Å²) in [6.07, 6.45) is -3.46. The van der Waals surface area contributed by atoms with E-state index in [9.17, 15) is 27.6 Å². The lowest BCUT2D eigenvalue weighted by Gasteiger charge is -2.18. The number of carbonyl (C=O) groups is 1. The molecule has 0 atom stereocenters. The van der Waals surface area contributed by atoms with Crippen LogP contribution in [0.3, 0.4) is 0 Å². The molecule has 0 aliphatic heterocycles. The molecular formula is C25H18F3N5O4. The molecule has 0 radical (unpaired) electrons. The number of rotatable bonds is 4. The van der Waals surface area contributed by atoms with Gasteiger partial charge >= 0.3 is 17.8 Å². The maximum Gasteiger partial charge on any atom is 0.416 e. The third kappa shape index (κ3) is 4.54. The summed E-state index contributed by atoms with van der Waals surface area (Å²) in [5, 5.41) is 13.3. The molecule has 0 amide bonds. The first-order valence-electron chi connectivity index (χ1n) is 10.7. The largest absolute Gasteiger partial charge is 0.423 e. The van der Waals surface area contributed by atoms with E-state index < -0.39 is 29.0 Å². The quantitative estimate of drug-likeness (QED) is 0.389. The molecule has 0 saturated heterocycles. The van der Waals surface area contributed by atoms with E-state index >= 15 is 0 Å². The number of alkyl halides is 3. The number of aromatic nitrogens is 4. The zero-order chi connectivity index (χ0) is 27.1. The van der Waals surface area contributed by atoms with Gasteiger partial charge in [0.2, 0.25) is 0 Å². The Morgan fingerprint density at radius 3 is 2.35 bits per heavy atom. The fourth-order valence-electron chi connectivity index (χ4n) is 3.88. The highest BCUT2D eigenvalue weighted by Gasteiger charge is 2.31. The van der Waals surface area contributed by atoms with E-state index in [4.69, 9.17) is 10.00 Å². The molecule has 4 aromatic rings. The molecule has 9 nitrogen and oxygen atoms in total. The maximum atomic E-state index is 13.4. The minimum absolute atomic E-state index is 0.00117. The predicted octanol–water partition coefficient (Wildman–Crippen LogP) is 3.51. The van der Waals surface area contributed by atoms with E-state index in [2.05, 4.69) is 5.10 Å². The summed E-state index contributed by atoms with van der Waals surface area (Å²) >= 11 is 0. The first kappa shape index (κ1) is 25.2. The van der Waals surface area contributed by atoms with Crippen LogP contribution in [0.1, 0.15) is 23.7 Å². The normalized spacial score (nSPS) is 11.3. The molecule has 2 aromatic carbocycles. The summed E-state index contributed by atoms with van der Waals surface area (Å²) < 4.78 is 48.4. The van der Waals surface area contributed by atoms with Gasteiger partial charge in [-0.05, 0) is 49.4 Å². The molecule has 2 heterocycles. The number of nitrogens with zero attached hydrogens (tertiary/aromatic N) is 5. The van der Waals surface area contributed by atoms with E-state index in [1.807, 2.05) is 6.07 Å². The Bertz CT molecular complexity index is 1690. The van der Waals surface area contributed by atoms with Crippen LogP contribution in [-0.2, 0) is 18.0 Å². The van der Waals surface area contributed by atoms with Crippen LogP contribution in [0, 0.1) is 18.3 Å². The van der Waals surface area contributed by atoms with Gasteiger partial charge in [-0.2, -0.15) is 23.5 Å². The molecule has 0 spiro atoms. The molecule has 2 aromatic heterocycles. The Labute approximate surface area is 207 Å².